The summed E-state index contributed by atoms with van der Waals surface area (Å²) in [6.07, 6.45) is 1.05. The molecule has 1 amide bonds. The molecule has 0 bridgehead atoms. The van der Waals surface area contributed by atoms with E-state index < -0.39 is 10.0 Å². The second-order valence-corrected chi connectivity index (χ2v) is 9.55. The highest BCUT2D eigenvalue weighted by Gasteiger charge is 2.31. The zero-order chi connectivity index (χ0) is 19.6. The van der Waals surface area contributed by atoms with E-state index in [-0.39, 0.29) is 10.8 Å². The number of nitrogens with one attached hydrogen (secondary N) is 1. The minimum absolute atomic E-state index is 0.232. The molecule has 1 aliphatic rings. The van der Waals surface area contributed by atoms with Crippen LogP contribution in [0.5, 0.6) is 0 Å². The first kappa shape index (κ1) is 19.6. The summed E-state index contributed by atoms with van der Waals surface area (Å²) in [6.45, 7) is 7.20. The number of nitrogens with zero attached hydrogens (tertiary/aromatic N) is 1. The zero-order valence-corrected chi connectivity index (χ0v) is 16.8. The highest BCUT2D eigenvalue weighted by molar-refractivity contribution is 7.89. The first-order valence-corrected chi connectivity index (χ1v) is 10.7. The van der Waals surface area contributed by atoms with E-state index in [1.54, 1.807) is 16.4 Å². The molecule has 2 aromatic carbocycles. The number of carbonyl (C=O) groups excluding carboxylic acids is 1. The molecule has 1 saturated heterocycles. The Kier molecular flexibility index (Phi) is 5.67. The van der Waals surface area contributed by atoms with Gasteiger partial charge in [0.1, 0.15) is 0 Å². The molecular formula is C21H26N2O3S. The fraction of sp³-hybridized carbons (Fsp3) is 0.381. The van der Waals surface area contributed by atoms with E-state index in [0.29, 0.717) is 36.2 Å². The second-order valence-electron chi connectivity index (χ2n) is 7.62. The van der Waals surface area contributed by atoms with Gasteiger partial charge >= 0.3 is 0 Å². The van der Waals surface area contributed by atoms with Gasteiger partial charge in [-0.3, -0.25) is 4.79 Å². The van der Waals surface area contributed by atoms with E-state index in [1.165, 1.54) is 12.1 Å². The topological polar surface area (TPSA) is 66.5 Å². The smallest absolute Gasteiger partial charge is 0.255 e. The van der Waals surface area contributed by atoms with E-state index in [9.17, 15) is 13.2 Å². The van der Waals surface area contributed by atoms with Gasteiger partial charge < -0.3 is 5.32 Å². The summed E-state index contributed by atoms with van der Waals surface area (Å²) in [6, 6.07) is 13.7. The molecule has 0 aliphatic carbocycles. The van der Waals surface area contributed by atoms with Crippen LogP contribution < -0.4 is 5.32 Å². The first-order valence-electron chi connectivity index (χ1n) is 9.24. The third-order valence-corrected chi connectivity index (χ3v) is 6.71. The minimum Gasteiger partial charge on any atom is -0.322 e. The maximum absolute atomic E-state index is 12.9. The van der Waals surface area contributed by atoms with Gasteiger partial charge in [-0.25, -0.2) is 8.42 Å². The van der Waals surface area contributed by atoms with Crippen LogP contribution in [0, 0.1) is 18.8 Å². The second kappa shape index (κ2) is 7.82. The Labute approximate surface area is 161 Å². The molecule has 2 atom stereocenters. The number of anilines is 1. The van der Waals surface area contributed by atoms with Crippen molar-refractivity contribution in [1.29, 1.82) is 0 Å². The Morgan fingerprint density at radius 1 is 1.04 bits per heavy atom. The van der Waals surface area contributed by atoms with Crippen molar-refractivity contribution in [3.63, 3.8) is 0 Å². The van der Waals surface area contributed by atoms with Crippen molar-refractivity contribution >= 4 is 21.6 Å². The lowest BCUT2D eigenvalue weighted by Crippen LogP contribution is -2.42. The number of aryl methyl sites for hydroxylation is 1. The average molecular weight is 387 g/mol. The summed E-state index contributed by atoms with van der Waals surface area (Å²) in [4.78, 5) is 12.6. The number of rotatable bonds is 4. The Hall–Kier alpha value is -2.18. The standard InChI is InChI=1S/C21H26N2O3S/c1-15-5-4-6-19(12-15)22-21(24)18-7-9-20(10-8-18)27(25,26)23-13-16(2)11-17(3)14-23/h4-10,12,16-17H,11,13-14H2,1-3H3,(H,22,24)/t16-,17+. The maximum Gasteiger partial charge on any atom is 0.255 e. The van der Waals surface area contributed by atoms with Crippen LogP contribution in [0.2, 0.25) is 0 Å². The Morgan fingerprint density at radius 2 is 1.67 bits per heavy atom. The first-order chi connectivity index (χ1) is 12.8. The number of sulfonamides is 1. The average Bonchev–Trinajstić information content (AvgIpc) is 2.61. The maximum atomic E-state index is 12.9. The summed E-state index contributed by atoms with van der Waals surface area (Å²) < 4.78 is 27.4. The highest BCUT2D eigenvalue weighted by atomic mass is 32.2. The molecule has 1 heterocycles. The van der Waals surface area contributed by atoms with Crippen molar-refractivity contribution in [2.75, 3.05) is 18.4 Å². The van der Waals surface area contributed by atoms with Gasteiger partial charge in [0, 0.05) is 24.3 Å². The number of hydrogen-bond donors (Lipinski definition) is 1. The molecule has 144 valence electrons. The molecule has 0 saturated carbocycles. The van der Waals surface area contributed by atoms with E-state index in [2.05, 4.69) is 19.2 Å². The molecule has 1 fully saturated rings. The van der Waals surface area contributed by atoms with Gasteiger partial charge in [0.25, 0.3) is 5.91 Å². The SMILES string of the molecule is Cc1cccc(NC(=O)c2ccc(S(=O)(=O)N3C[C@H](C)C[C@H](C)C3)cc2)c1. The van der Waals surface area contributed by atoms with Gasteiger partial charge in [0.15, 0.2) is 0 Å². The highest BCUT2D eigenvalue weighted by Crippen LogP contribution is 2.26. The fourth-order valence-electron chi connectivity index (χ4n) is 3.66. The lowest BCUT2D eigenvalue weighted by Gasteiger charge is -2.34. The summed E-state index contributed by atoms with van der Waals surface area (Å²) >= 11 is 0. The predicted octanol–water partition coefficient (Wildman–Crippen LogP) is 3.91. The molecule has 0 unspecified atom stereocenters. The predicted molar refractivity (Wildman–Crippen MR) is 107 cm³/mol. The van der Waals surface area contributed by atoms with Crippen LogP contribution in [0.25, 0.3) is 0 Å². The van der Waals surface area contributed by atoms with Crippen molar-refractivity contribution in [3.8, 4) is 0 Å². The van der Waals surface area contributed by atoms with Gasteiger partial charge in [-0.2, -0.15) is 4.31 Å². The van der Waals surface area contributed by atoms with Crippen molar-refractivity contribution in [2.24, 2.45) is 11.8 Å². The zero-order valence-electron chi connectivity index (χ0n) is 16.0. The van der Waals surface area contributed by atoms with E-state index in [0.717, 1.165) is 12.0 Å². The number of hydrogen-bond acceptors (Lipinski definition) is 3. The lowest BCUT2D eigenvalue weighted by molar-refractivity contribution is 0.102. The molecule has 6 heteroatoms. The van der Waals surface area contributed by atoms with Crippen molar-refractivity contribution in [3.05, 3.63) is 59.7 Å². The van der Waals surface area contributed by atoms with Crippen LogP contribution in [0.4, 0.5) is 5.69 Å². The molecule has 2 aromatic rings. The fourth-order valence-corrected chi connectivity index (χ4v) is 5.34. The van der Waals surface area contributed by atoms with Crippen LogP contribution in [-0.2, 0) is 10.0 Å². The molecule has 5 nitrogen and oxygen atoms in total. The molecular weight excluding hydrogens is 360 g/mol. The van der Waals surface area contributed by atoms with Crippen LogP contribution >= 0.6 is 0 Å². The van der Waals surface area contributed by atoms with Crippen molar-refractivity contribution in [2.45, 2.75) is 32.1 Å². The van der Waals surface area contributed by atoms with Crippen LogP contribution in [0.15, 0.2) is 53.4 Å². The molecule has 0 spiro atoms. The van der Waals surface area contributed by atoms with E-state index in [4.69, 9.17) is 0 Å². The summed E-state index contributed by atoms with van der Waals surface area (Å²) in [7, 11) is -3.53. The quantitative estimate of drug-likeness (QED) is 0.866. The van der Waals surface area contributed by atoms with Gasteiger partial charge in [0.2, 0.25) is 10.0 Å². The van der Waals surface area contributed by atoms with Gasteiger partial charge in [0.05, 0.1) is 4.90 Å². The molecule has 1 aliphatic heterocycles. The number of benzene rings is 2. The Morgan fingerprint density at radius 3 is 2.26 bits per heavy atom. The summed E-state index contributed by atoms with van der Waals surface area (Å²) in [5.41, 5.74) is 2.20. The van der Waals surface area contributed by atoms with Gasteiger partial charge in [-0.05, 0) is 67.1 Å². The van der Waals surface area contributed by atoms with Crippen molar-refractivity contribution in [1.82, 2.24) is 4.31 Å². The normalized spacial score (nSPS) is 21.0. The third kappa shape index (κ3) is 4.57. The van der Waals surface area contributed by atoms with Gasteiger partial charge in [-0.15, -0.1) is 0 Å². The number of amides is 1. The molecule has 27 heavy (non-hydrogen) atoms. The van der Waals surface area contributed by atoms with E-state index in [1.807, 2.05) is 31.2 Å². The van der Waals surface area contributed by atoms with Crippen molar-refractivity contribution < 1.29 is 13.2 Å². The van der Waals surface area contributed by atoms with Gasteiger partial charge in [-0.1, -0.05) is 26.0 Å². The Balaban J connectivity index is 1.75. The van der Waals surface area contributed by atoms with E-state index >= 15 is 0 Å². The van der Waals surface area contributed by atoms with Crippen LogP contribution in [0.1, 0.15) is 36.2 Å². The molecule has 1 N–H and O–H groups in total. The largest absolute Gasteiger partial charge is 0.322 e. The number of carbonyl (C=O) groups is 1. The number of piperidine rings is 1. The molecule has 0 aromatic heterocycles. The molecule has 3 rings (SSSR count). The lowest BCUT2D eigenvalue weighted by atomic mass is 9.94. The minimum atomic E-state index is -3.53. The summed E-state index contributed by atoms with van der Waals surface area (Å²) in [5, 5.41) is 2.83. The molecule has 0 radical (unpaired) electrons. The Bertz CT molecular complexity index is 913. The van der Waals surface area contributed by atoms with Crippen LogP contribution in [-0.4, -0.2) is 31.7 Å². The van der Waals surface area contributed by atoms with Crippen LogP contribution in [0.3, 0.4) is 0 Å². The summed E-state index contributed by atoms with van der Waals surface area (Å²) in [5.74, 6) is 0.440. The monoisotopic (exact) mass is 386 g/mol. The third-order valence-electron chi connectivity index (χ3n) is 4.87.